The molecule has 5 rings (SSSR count). The predicted octanol–water partition coefficient (Wildman–Crippen LogP) is 2.66. The van der Waals surface area contributed by atoms with Crippen LogP contribution in [0, 0.1) is 0 Å². The summed E-state index contributed by atoms with van der Waals surface area (Å²) in [7, 11) is -3.50. The predicted molar refractivity (Wildman–Crippen MR) is 107 cm³/mol. The monoisotopic (exact) mass is 417 g/mol. The van der Waals surface area contributed by atoms with Crippen molar-refractivity contribution in [2.45, 2.75) is 29.7 Å². The summed E-state index contributed by atoms with van der Waals surface area (Å²) < 4.78 is 29.7. The molecule has 2 N–H and O–H groups in total. The number of aliphatic hydroxyl groups excluding tert-OH is 1. The highest BCUT2D eigenvalue weighted by molar-refractivity contribution is 7.91. The van der Waals surface area contributed by atoms with Crippen LogP contribution in [0.3, 0.4) is 0 Å². The topological polar surface area (TPSA) is 104 Å². The van der Waals surface area contributed by atoms with Crippen molar-refractivity contribution in [3.05, 3.63) is 41.8 Å². The van der Waals surface area contributed by atoms with E-state index in [2.05, 4.69) is 15.0 Å². The van der Waals surface area contributed by atoms with E-state index < -0.39 is 16.1 Å². The molecular formula is C18H19N5O3S2. The molecule has 0 spiro atoms. The third-order valence-corrected chi connectivity index (χ3v) is 8.45. The molecule has 0 radical (unpaired) electrons. The summed E-state index contributed by atoms with van der Waals surface area (Å²) >= 11 is 1.23. The van der Waals surface area contributed by atoms with E-state index in [4.69, 9.17) is 0 Å². The lowest BCUT2D eigenvalue weighted by Gasteiger charge is -2.19. The molecule has 28 heavy (non-hydrogen) atoms. The lowest BCUT2D eigenvalue weighted by Crippen LogP contribution is -2.29. The van der Waals surface area contributed by atoms with Gasteiger partial charge in [0.15, 0.2) is 0 Å². The SMILES string of the molecule is C[C@@H](O)c1nc2cnc3[nH]ccc3c2n1C1CCN(S(=O)(=O)c2cccs2)C1. The van der Waals surface area contributed by atoms with Gasteiger partial charge in [0.2, 0.25) is 0 Å². The first-order valence-electron chi connectivity index (χ1n) is 9.02. The van der Waals surface area contributed by atoms with E-state index in [0.29, 0.717) is 35.1 Å². The van der Waals surface area contributed by atoms with Crippen LogP contribution in [0.25, 0.3) is 22.1 Å². The van der Waals surface area contributed by atoms with Gasteiger partial charge < -0.3 is 14.7 Å². The summed E-state index contributed by atoms with van der Waals surface area (Å²) in [4.78, 5) is 12.1. The van der Waals surface area contributed by atoms with Gasteiger partial charge in [-0.2, -0.15) is 4.31 Å². The Balaban J connectivity index is 1.61. The van der Waals surface area contributed by atoms with E-state index in [1.54, 1.807) is 30.6 Å². The summed E-state index contributed by atoms with van der Waals surface area (Å²) in [5.74, 6) is 0.533. The third kappa shape index (κ3) is 2.60. The normalized spacial score (nSPS) is 19.7. The molecule has 5 heterocycles. The second-order valence-electron chi connectivity index (χ2n) is 6.99. The van der Waals surface area contributed by atoms with Crippen molar-refractivity contribution in [3.8, 4) is 0 Å². The molecular weight excluding hydrogens is 398 g/mol. The number of H-pyrrole nitrogens is 1. The van der Waals surface area contributed by atoms with Crippen LogP contribution in [0.4, 0.5) is 0 Å². The molecule has 0 aromatic carbocycles. The largest absolute Gasteiger partial charge is 0.385 e. The number of nitrogens with one attached hydrogen (secondary N) is 1. The number of pyridine rings is 1. The molecule has 1 aliphatic rings. The van der Waals surface area contributed by atoms with Crippen LogP contribution >= 0.6 is 11.3 Å². The van der Waals surface area contributed by atoms with Crippen LogP contribution in [0.1, 0.15) is 31.3 Å². The van der Waals surface area contributed by atoms with E-state index in [9.17, 15) is 13.5 Å². The second-order valence-corrected chi connectivity index (χ2v) is 10.1. The molecule has 1 fully saturated rings. The number of hydrogen-bond acceptors (Lipinski definition) is 6. The number of rotatable bonds is 4. The zero-order chi connectivity index (χ0) is 19.5. The maximum atomic E-state index is 12.9. The van der Waals surface area contributed by atoms with Crippen molar-refractivity contribution in [2.75, 3.05) is 13.1 Å². The maximum absolute atomic E-state index is 12.9. The maximum Gasteiger partial charge on any atom is 0.252 e. The highest BCUT2D eigenvalue weighted by Crippen LogP contribution is 2.35. The molecule has 10 heteroatoms. The van der Waals surface area contributed by atoms with Gasteiger partial charge in [0.05, 0.1) is 17.8 Å². The average Bonchev–Trinajstić information content (AvgIpc) is 3.46. The lowest BCUT2D eigenvalue weighted by molar-refractivity contribution is 0.182. The van der Waals surface area contributed by atoms with Gasteiger partial charge in [-0.05, 0) is 30.9 Å². The van der Waals surface area contributed by atoms with Gasteiger partial charge in [-0.15, -0.1) is 11.3 Å². The van der Waals surface area contributed by atoms with E-state index in [0.717, 1.165) is 16.6 Å². The van der Waals surface area contributed by atoms with Crippen molar-refractivity contribution >= 4 is 43.4 Å². The Morgan fingerprint density at radius 1 is 1.39 bits per heavy atom. The second kappa shape index (κ2) is 6.38. The number of nitrogens with zero attached hydrogens (tertiary/aromatic N) is 4. The van der Waals surface area contributed by atoms with Gasteiger partial charge in [0.25, 0.3) is 10.0 Å². The average molecular weight is 418 g/mol. The van der Waals surface area contributed by atoms with Gasteiger partial charge in [0, 0.05) is 24.7 Å². The van der Waals surface area contributed by atoms with Crippen molar-refractivity contribution in [1.29, 1.82) is 0 Å². The van der Waals surface area contributed by atoms with Gasteiger partial charge in [-0.3, -0.25) is 0 Å². The lowest BCUT2D eigenvalue weighted by atomic mass is 10.2. The summed E-state index contributed by atoms with van der Waals surface area (Å²) in [5, 5.41) is 13.0. The van der Waals surface area contributed by atoms with Crippen molar-refractivity contribution in [2.24, 2.45) is 0 Å². The van der Waals surface area contributed by atoms with Crippen LogP contribution in [-0.4, -0.2) is 50.4 Å². The number of aromatic nitrogens is 4. The Bertz CT molecular complexity index is 1260. The molecule has 4 aromatic heterocycles. The molecule has 146 valence electrons. The minimum Gasteiger partial charge on any atom is -0.385 e. The summed E-state index contributed by atoms with van der Waals surface area (Å²) in [6, 6.07) is 5.21. The molecule has 0 amide bonds. The van der Waals surface area contributed by atoms with E-state index in [1.165, 1.54) is 15.6 Å². The summed E-state index contributed by atoms with van der Waals surface area (Å²) in [5.41, 5.74) is 2.32. The Morgan fingerprint density at radius 3 is 3.00 bits per heavy atom. The fourth-order valence-corrected chi connectivity index (χ4v) is 6.59. The van der Waals surface area contributed by atoms with Crippen LogP contribution in [0.5, 0.6) is 0 Å². The smallest absolute Gasteiger partial charge is 0.252 e. The fourth-order valence-electron chi connectivity index (χ4n) is 3.95. The quantitative estimate of drug-likeness (QED) is 0.531. The highest BCUT2D eigenvalue weighted by atomic mass is 32.2. The molecule has 0 bridgehead atoms. The van der Waals surface area contributed by atoms with Gasteiger partial charge in [-0.1, -0.05) is 6.07 Å². The van der Waals surface area contributed by atoms with E-state index >= 15 is 0 Å². The number of thiophene rings is 1. The van der Waals surface area contributed by atoms with Crippen LogP contribution in [-0.2, 0) is 10.0 Å². The Labute approximate surface area is 165 Å². The molecule has 1 unspecified atom stereocenters. The van der Waals surface area contributed by atoms with Gasteiger partial charge in [-0.25, -0.2) is 18.4 Å². The van der Waals surface area contributed by atoms with Crippen molar-refractivity contribution < 1.29 is 13.5 Å². The number of imidazole rings is 1. The van der Waals surface area contributed by atoms with Gasteiger partial charge >= 0.3 is 0 Å². The minimum atomic E-state index is -3.50. The van der Waals surface area contributed by atoms with Crippen molar-refractivity contribution in [3.63, 3.8) is 0 Å². The summed E-state index contributed by atoms with van der Waals surface area (Å²) in [6.07, 6.45) is 3.39. The molecule has 1 aliphatic heterocycles. The highest BCUT2D eigenvalue weighted by Gasteiger charge is 2.36. The van der Waals surface area contributed by atoms with E-state index in [-0.39, 0.29) is 6.04 Å². The number of sulfonamides is 1. The first-order chi connectivity index (χ1) is 13.5. The zero-order valence-electron chi connectivity index (χ0n) is 15.1. The Hall–Kier alpha value is -2.27. The summed E-state index contributed by atoms with van der Waals surface area (Å²) in [6.45, 7) is 2.46. The minimum absolute atomic E-state index is 0.107. The molecule has 4 aromatic rings. The molecule has 0 aliphatic carbocycles. The molecule has 1 saturated heterocycles. The van der Waals surface area contributed by atoms with E-state index in [1.807, 2.05) is 16.8 Å². The Kier molecular flexibility index (Phi) is 4.05. The zero-order valence-corrected chi connectivity index (χ0v) is 16.7. The first kappa shape index (κ1) is 17.8. The number of hydrogen-bond donors (Lipinski definition) is 2. The first-order valence-corrected chi connectivity index (χ1v) is 11.3. The molecule has 0 saturated carbocycles. The van der Waals surface area contributed by atoms with Crippen LogP contribution in [0.2, 0.25) is 0 Å². The number of aromatic amines is 1. The molecule has 2 atom stereocenters. The number of aliphatic hydroxyl groups is 1. The standard InChI is InChI=1S/C18H19N5O3S2/c1-11(24)18-21-14-9-20-17-13(4-6-19-17)16(14)23(18)12-5-7-22(10-12)28(25,26)15-3-2-8-27-15/h2-4,6,8-9,11-12,24H,5,7,10H2,1H3,(H,19,20)/t11-,12?/m1/s1. The number of fused-ring (bicyclic) bond motifs is 3. The van der Waals surface area contributed by atoms with Crippen molar-refractivity contribution in [1.82, 2.24) is 23.8 Å². The van der Waals surface area contributed by atoms with Crippen LogP contribution < -0.4 is 0 Å². The Morgan fingerprint density at radius 2 is 2.25 bits per heavy atom. The van der Waals surface area contributed by atoms with Crippen LogP contribution in [0.15, 0.2) is 40.2 Å². The van der Waals surface area contributed by atoms with Gasteiger partial charge in [0.1, 0.15) is 27.3 Å². The fraction of sp³-hybridized carbons (Fsp3) is 0.333. The third-order valence-electron chi connectivity index (χ3n) is 5.22. The molecule has 8 nitrogen and oxygen atoms in total.